The Morgan fingerprint density at radius 2 is 2.18 bits per heavy atom. The largest absolute Gasteiger partial charge is 0.224 e. The van der Waals surface area contributed by atoms with Crippen LogP contribution >= 0.6 is 23.1 Å². The van der Waals surface area contributed by atoms with Crippen LogP contribution in [0.4, 0.5) is 0 Å². The van der Waals surface area contributed by atoms with Crippen molar-refractivity contribution in [1.82, 2.24) is 19.6 Å². The first-order valence-electron chi connectivity index (χ1n) is 2.89. The van der Waals surface area contributed by atoms with Gasteiger partial charge in [-0.05, 0) is 18.5 Å². The molecule has 6 heteroatoms. The number of fused-ring (bicyclic) bond motifs is 1. The fraction of sp³-hybridized carbons (Fsp3) is 0.200. The minimum absolute atomic E-state index is 0.251. The standard InChI is InChI=1S/C5H3ClN4S/c1-2-3-4(11-10-9-3)8-5(6)7-2/h1H3. The van der Waals surface area contributed by atoms with E-state index < -0.39 is 0 Å². The first-order valence-corrected chi connectivity index (χ1v) is 4.05. The van der Waals surface area contributed by atoms with Crippen molar-refractivity contribution in [2.45, 2.75) is 6.92 Å². The maximum absolute atomic E-state index is 5.61. The number of aromatic nitrogens is 4. The van der Waals surface area contributed by atoms with Crippen LogP contribution in [0.3, 0.4) is 0 Å². The Morgan fingerprint density at radius 3 is 3.00 bits per heavy atom. The molecule has 0 amide bonds. The SMILES string of the molecule is Cc1nc(Cl)nc2snnc12. The van der Waals surface area contributed by atoms with E-state index in [-0.39, 0.29) is 5.28 Å². The van der Waals surface area contributed by atoms with Crippen LogP contribution in [0.1, 0.15) is 5.69 Å². The van der Waals surface area contributed by atoms with Gasteiger partial charge in [-0.3, -0.25) is 0 Å². The predicted octanol–water partition coefficient (Wildman–Crippen LogP) is 1.44. The van der Waals surface area contributed by atoms with Gasteiger partial charge < -0.3 is 0 Å². The van der Waals surface area contributed by atoms with Crippen LogP contribution in [0.25, 0.3) is 10.3 Å². The van der Waals surface area contributed by atoms with Crippen molar-refractivity contribution in [1.29, 1.82) is 0 Å². The highest BCUT2D eigenvalue weighted by molar-refractivity contribution is 7.12. The second kappa shape index (κ2) is 2.35. The van der Waals surface area contributed by atoms with Gasteiger partial charge >= 0.3 is 0 Å². The molecule has 0 unspecified atom stereocenters. The van der Waals surface area contributed by atoms with Gasteiger partial charge in [-0.25, -0.2) is 9.97 Å². The van der Waals surface area contributed by atoms with E-state index in [0.29, 0.717) is 0 Å². The van der Waals surface area contributed by atoms with E-state index in [2.05, 4.69) is 19.6 Å². The molecule has 0 aliphatic heterocycles. The first kappa shape index (κ1) is 6.87. The summed E-state index contributed by atoms with van der Waals surface area (Å²) in [6.07, 6.45) is 0. The zero-order valence-corrected chi connectivity index (χ0v) is 7.15. The molecule has 2 aromatic heterocycles. The molecule has 0 spiro atoms. The predicted molar refractivity (Wildman–Crippen MR) is 42.8 cm³/mol. The molecule has 0 saturated carbocycles. The summed E-state index contributed by atoms with van der Waals surface area (Å²) in [5.41, 5.74) is 1.51. The van der Waals surface area contributed by atoms with Crippen molar-refractivity contribution in [2.75, 3.05) is 0 Å². The smallest absolute Gasteiger partial charge is 0.221 e. The molecule has 2 aromatic rings. The number of hydrogen-bond donors (Lipinski definition) is 0. The van der Waals surface area contributed by atoms with Gasteiger partial charge in [-0.2, -0.15) is 0 Å². The topological polar surface area (TPSA) is 51.6 Å². The molecule has 0 aromatic carbocycles. The second-order valence-electron chi connectivity index (χ2n) is 2.00. The molecule has 0 aliphatic rings. The third kappa shape index (κ3) is 1.06. The minimum atomic E-state index is 0.251. The number of nitrogens with zero attached hydrogens (tertiary/aromatic N) is 4. The van der Waals surface area contributed by atoms with Gasteiger partial charge in [0.2, 0.25) is 5.28 Å². The van der Waals surface area contributed by atoms with Crippen molar-refractivity contribution in [3.05, 3.63) is 11.0 Å². The Hall–Kier alpha value is -0.810. The van der Waals surface area contributed by atoms with E-state index >= 15 is 0 Å². The normalized spacial score (nSPS) is 10.7. The zero-order chi connectivity index (χ0) is 7.84. The lowest BCUT2D eigenvalue weighted by molar-refractivity contribution is 1.11. The van der Waals surface area contributed by atoms with E-state index in [1.807, 2.05) is 6.92 Å². The molecule has 0 aliphatic carbocycles. The molecule has 2 heterocycles. The fourth-order valence-electron chi connectivity index (χ4n) is 0.787. The summed E-state index contributed by atoms with van der Waals surface area (Å²) < 4.78 is 3.73. The maximum Gasteiger partial charge on any atom is 0.224 e. The van der Waals surface area contributed by atoms with E-state index in [0.717, 1.165) is 16.0 Å². The minimum Gasteiger partial charge on any atom is -0.221 e. The van der Waals surface area contributed by atoms with Gasteiger partial charge in [-0.15, -0.1) is 5.10 Å². The van der Waals surface area contributed by atoms with Crippen LogP contribution in [-0.2, 0) is 0 Å². The molecule has 0 radical (unpaired) electrons. The quantitative estimate of drug-likeness (QED) is 0.585. The molecule has 0 fully saturated rings. The van der Waals surface area contributed by atoms with Crippen LogP contribution in [-0.4, -0.2) is 19.6 Å². The molecule has 11 heavy (non-hydrogen) atoms. The van der Waals surface area contributed by atoms with Crippen molar-refractivity contribution < 1.29 is 0 Å². The summed E-state index contributed by atoms with van der Waals surface area (Å²) in [5, 5.41) is 4.10. The molecule has 0 N–H and O–H groups in total. The molecular weight excluding hydrogens is 184 g/mol. The number of rotatable bonds is 0. The van der Waals surface area contributed by atoms with Crippen LogP contribution in [0.2, 0.25) is 5.28 Å². The summed E-state index contributed by atoms with van der Waals surface area (Å²) in [5.74, 6) is 0. The summed E-state index contributed by atoms with van der Waals surface area (Å²) in [6, 6.07) is 0. The lowest BCUT2D eigenvalue weighted by Gasteiger charge is -1.91. The van der Waals surface area contributed by atoms with Crippen LogP contribution in [0.5, 0.6) is 0 Å². The Balaban J connectivity index is 2.91. The van der Waals surface area contributed by atoms with E-state index in [9.17, 15) is 0 Å². The van der Waals surface area contributed by atoms with Gasteiger partial charge in [0.05, 0.1) is 5.69 Å². The van der Waals surface area contributed by atoms with Crippen LogP contribution in [0, 0.1) is 6.92 Å². The Kier molecular flexibility index (Phi) is 1.47. The summed E-state index contributed by atoms with van der Waals surface area (Å²) in [7, 11) is 0. The lowest BCUT2D eigenvalue weighted by Crippen LogP contribution is -1.87. The maximum atomic E-state index is 5.61. The number of hydrogen-bond acceptors (Lipinski definition) is 5. The van der Waals surface area contributed by atoms with Gasteiger partial charge in [0.25, 0.3) is 0 Å². The van der Waals surface area contributed by atoms with Gasteiger partial charge in [0, 0.05) is 11.5 Å². The molecule has 0 bridgehead atoms. The van der Waals surface area contributed by atoms with Gasteiger partial charge in [0.15, 0.2) is 4.83 Å². The molecule has 2 rings (SSSR count). The average molecular weight is 187 g/mol. The summed E-state index contributed by atoms with van der Waals surface area (Å²) in [6.45, 7) is 1.83. The van der Waals surface area contributed by atoms with E-state index in [4.69, 9.17) is 11.6 Å². The van der Waals surface area contributed by atoms with Crippen molar-refractivity contribution in [3.8, 4) is 0 Å². The Bertz CT molecular complexity index is 398. The van der Waals surface area contributed by atoms with Crippen molar-refractivity contribution >= 4 is 33.5 Å². The van der Waals surface area contributed by atoms with Gasteiger partial charge in [-0.1, -0.05) is 4.49 Å². The van der Waals surface area contributed by atoms with E-state index in [1.54, 1.807) is 0 Å². The highest BCUT2D eigenvalue weighted by Gasteiger charge is 2.05. The van der Waals surface area contributed by atoms with Crippen LogP contribution < -0.4 is 0 Å². The third-order valence-corrected chi connectivity index (χ3v) is 2.06. The molecule has 4 nitrogen and oxygen atoms in total. The van der Waals surface area contributed by atoms with Crippen molar-refractivity contribution in [3.63, 3.8) is 0 Å². The fourth-order valence-corrected chi connectivity index (χ4v) is 1.65. The molecule has 0 saturated heterocycles. The number of halogens is 1. The lowest BCUT2D eigenvalue weighted by atomic mass is 10.4. The van der Waals surface area contributed by atoms with Crippen LogP contribution in [0.15, 0.2) is 0 Å². The first-order chi connectivity index (χ1) is 5.27. The third-order valence-electron chi connectivity index (χ3n) is 1.27. The van der Waals surface area contributed by atoms with Crippen molar-refractivity contribution in [2.24, 2.45) is 0 Å². The average Bonchev–Trinajstić information content (AvgIpc) is 2.34. The number of aryl methyl sites for hydroxylation is 1. The highest BCUT2D eigenvalue weighted by Crippen LogP contribution is 2.16. The Labute approximate surface area is 71.4 Å². The molecule has 56 valence electrons. The zero-order valence-electron chi connectivity index (χ0n) is 5.58. The second-order valence-corrected chi connectivity index (χ2v) is 3.08. The molecule has 0 atom stereocenters. The van der Waals surface area contributed by atoms with Gasteiger partial charge in [0.1, 0.15) is 5.52 Å². The summed E-state index contributed by atoms with van der Waals surface area (Å²) >= 11 is 6.83. The molecular formula is C5H3ClN4S. The Morgan fingerprint density at radius 1 is 1.36 bits per heavy atom. The highest BCUT2D eigenvalue weighted by atomic mass is 35.5. The van der Waals surface area contributed by atoms with E-state index in [1.165, 1.54) is 11.5 Å². The monoisotopic (exact) mass is 186 g/mol. The summed E-state index contributed by atoms with van der Waals surface area (Å²) in [4.78, 5) is 8.62.